The van der Waals surface area contributed by atoms with Gasteiger partial charge in [-0.05, 0) is 51.2 Å². The van der Waals surface area contributed by atoms with Gasteiger partial charge in [0.15, 0.2) is 0 Å². The number of amides is 2. The van der Waals surface area contributed by atoms with Gasteiger partial charge < -0.3 is 20.4 Å². The number of hydrogen-bond donors (Lipinski definition) is 3. The first-order chi connectivity index (χ1) is 10.9. The minimum Gasteiger partial charge on any atom is -0.394 e. The summed E-state index contributed by atoms with van der Waals surface area (Å²) in [7, 11) is 0. The second kappa shape index (κ2) is 7.79. The SMILES string of the molecule is Cc1ccc2c(c1)[C@H](NC(=O)N(C[C@H](C)O)[C@@H](C)CO)CCC2. The van der Waals surface area contributed by atoms with Gasteiger partial charge in [0.1, 0.15) is 0 Å². The van der Waals surface area contributed by atoms with Crippen LogP contribution >= 0.6 is 0 Å². The van der Waals surface area contributed by atoms with E-state index in [-0.39, 0.29) is 31.3 Å². The number of benzene rings is 1. The number of nitrogens with one attached hydrogen (secondary N) is 1. The molecular formula is C18H28N2O3. The average Bonchev–Trinajstić information content (AvgIpc) is 2.52. The van der Waals surface area contributed by atoms with Crippen LogP contribution in [0.1, 0.15) is 49.4 Å². The summed E-state index contributed by atoms with van der Waals surface area (Å²) in [5, 5.41) is 22.1. The van der Waals surface area contributed by atoms with Crippen LogP contribution in [0.2, 0.25) is 0 Å². The number of hydrogen-bond acceptors (Lipinski definition) is 3. The lowest BCUT2D eigenvalue weighted by molar-refractivity contribution is 0.0920. The summed E-state index contributed by atoms with van der Waals surface area (Å²) in [5.41, 5.74) is 3.68. The van der Waals surface area contributed by atoms with Gasteiger partial charge >= 0.3 is 6.03 Å². The van der Waals surface area contributed by atoms with E-state index >= 15 is 0 Å². The topological polar surface area (TPSA) is 72.8 Å². The summed E-state index contributed by atoms with van der Waals surface area (Å²) in [6.45, 7) is 5.56. The van der Waals surface area contributed by atoms with Crippen LogP contribution in [0.4, 0.5) is 4.79 Å². The van der Waals surface area contributed by atoms with Crippen LogP contribution < -0.4 is 5.32 Å². The third-order valence-corrected chi connectivity index (χ3v) is 4.43. The molecule has 0 unspecified atom stereocenters. The molecule has 3 N–H and O–H groups in total. The van der Waals surface area contributed by atoms with E-state index in [2.05, 4.69) is 30.4 Å². The largest absolute Gasteiger partial charge is 0.394 e. The van der Waals surface area contributed by atoms with E-state index < -0.39 is 6.10 Å². The van der Waals surface area contributed by atoms with E-state index in [4.69, 9.17) is 0 Å². The zero-order valence-electron chi connectivity index (χ0n) is 14.2. The van der Waals surface area contributed by atoms with Crippen molar-refractivity contribution in [3.05, 3.63) is 34.9 Å². The molecule has 2 amide bonds. The molecule has 0 aromatic heterocycles. The molecule has 0 saturated heterocycles. The molecule has 2 rings (SSSR count). The van der Waals surface area contributed by atoms with Gasteiger partial charge in [-0.25, -0.2) is 4.79 Å². The molecule has 128 valence electrons. The molecule has 0 bridgehead atoms. The number of aliphatic hydroxyl groups excluding tert-OH is 2. The highest BCUT2D eigenvalue weighted by atomic mass is 16.3. The lowest BCUT2D eigenvalue weighted by Crippen LogP contribution is -2.50. The Balaban J connectivity index is 2.14. The van der Waals surface area contributed by atoms with Crippen LogP contribution in [0.3, 0.4) is 0 Å². The Bertz CT molecular complexity index is 545. The fraction of sp³-hybridized carbons (Fsp3) is 0.611. The summed E-state index contributed by atoms with van der Waals surface area (Å²) < 4.78 is 0. The first kappa shape index (κ1) is 17.8. The van der Waals surface area contributed by atoms with Gasteiger partial charge in [-0.3, -0.25) is 0 Å². The highest BCUT2D eigenvalue weighted by Gasteiger charge is 2.26. The Labute approximate surface area is 138 Å². The Morgan fingerprint density at radius 2 is 2.17 bits per heavy atom. The normalized spacial score (nSPS) is 19.6. The van der Waals surface area contributed by atoms with Gasteiger partial charge in [0.2, 0.25) is 0 Å². The monoisotopic (exact) mass is 320 g/mol. The first-order valence-electron chi connectivity index (χ1n) is 8.37. The van der Waals surface area contributed by atoms with Crippen LogP contribution in [0.15, 0.2) is 18.2 Å². The standard InChI is InChI=1S/C18H28N2O3/c1-12-7-8-15-5-4-6-17(16(15)9-12)19-18(23)20(10-14(3)22)13(2)11-21/h7-9,13-14,17,21-22H,4-6,10-11H2,1-3H3,(H,19,23)/t13-,14-,17+/m0/s1. The minimum absolute atomic E-state index is 0.00598. The molecule has 5 nitrogen and oxygen atoms in total. The lowest BCUT2D eigenvalue weighted by Gasteiger charge is -2.33. The van der Waals surface area contributed by atoms with Crippen LogP contribution in [0, 0.1) is 6.92 Å². The summed E-state index contributed by atoms with van der Waals surface area (Å²) >= 11 is 0. The number of nitrogens with zero attached hydrogens (tertiary/aromatic N) is 1. The van der Waals surface area contributed by atoms with Crippen LogP contribution in [0.25, 0.3) is 0 Å². The zero-order valence-corrected chi connectivity index (χ0v) is 14.2. The molecule has 0 radical (unpaired) electrons. The number of aliphatic hydroxyl groups is 2. The molecule has 0 fully saturated rings. The van der Waals surface area contributed by atoms with Crippen molar-refractivity contribution in [2.24, 2.45) is 0 Å². The van der Waals surface area contributed by atoms with Crippen LogP contribution in [-0.2, 0) is 6.42 Å². The summed E-state index contributed by atoms with van der Waals surface area (Å²) in [6.07, 6.45) is 2.38. The predicted octanol–water partition coefficient (Wildman–Crippen LogP) is 2.15. The molecule has 0 saturated carbocycles. The lowest BCUT2D eigenvalue weighted by atomic mass is 9.87. The maximum atomic E-state index is 12.6. The molecule has 0 heterocycles. The molecule has 1 aliphatic carbocycles. The average molecular weight is 320 g/mol. The molecule has 0 aliphatic heterocycles. The number of urea groups is 1. The van der Waals surface area contributed by atoms with E-state index in [0.29, 0.717) is 0 Å². The number of rotatable bonds is 5. The quantitative estimate of drug-likeness (QED) is 0.778. The Morgan fingerprint density at radius 3 is 2.83 bits per heavy atom. The van der Waals surface area contributed by atoms with Crippen molar-refractivity contribution >= 4 is 6.03 Å². The molecule has 0 spiro atoms. The van der Waals surface area contributed by atoms with E-state index in [1.807, 2.05) is 0 Å². The van der Waals surface area contributed by atoms with Crippen molar-refractivity contribution in [1.82, 2.24) is 10.2 Å². The number of carbonyl (C=O) groups is 1. The molecule has 5 heteroatoms. The summed E-state index contributed by atoms with van der Waals surface area (Å²) in [5.74, 6) is 0. The summed E-state index contributed by atoms with van der Waals surface area (Å²) in [6, 6.07) is 5.84. The Morgan fingerprint density at radius 1 is 1.43 bits per heavy atom. The molecule has 1 aromatic carbocycles. The van der Waals surface area contributed by atoms with Crippen molar-refractivity contribution in [3.8, 4) is 0 Å². The van der Waals surface area contributed by atoms with Gasteiger partial charge in [-0.2, -0.15) is 0 Å². The van der Waals surface area contributed by atoms with Crippen molar-refractivity contribution < 1.29 is 15.0 Å². The second-order valence-corrected chi connectivity index (χ2v) is 6.63. The van der Waals surface area contributed by atoms with E-state index in [9.17, 15) is 15.0 Å². The molecule has 1 aromatic rings. The molecule has 3 atom stereocenters. The Kier molecular flexibility index (Phi) is 6.02. The van der Waals surface area contributed by atoms with E-state index in [1.54, 1.807) is 13.8 Å². The fourth-order valence-electron chi connectivity index (χ4n) is 3.15. The van der Waals surface area contributed by atoms with Gasteiger partial charge in [-0.15, -0.1) is 0 Å². The van der Waals surface area contributed by atoms with Gasteiger partial charge in [0.25, 0.3) is 0 Å². The zero-order chi connectivity index (χ0) is 17.0. The highest BCUT2D eigenvalue weighted by Crippen LogP contribution is 2.30. The number of aryl methyl sites for hydroxylation is 2. The van der Waals surface area contributed by atoms with Crippen molar-refractivity contribution in [2.75, 3.05) is 13.2 Å². The molecular weight excluding hydrogens is 292 g/mol. The van der Waals surface area contributed by atoms with Crippen molar-refractivity contribution in [1.29, 1.82) is 0 Å². The molecule has 23 heavy (non-hydrogen) atoms. The predicted molar refractivity (Wildman–Crippen MR) is 90.3 cm³/mol. The van der Waals surface area contributed by atoms with Crippen LogP contribution in [-0.4, -0.2) is 46.4 Å². The minimum atomic E-state index is -0.629. The van der Waals surface area contributed by atoms with E-state index in [0.717, 1.165) is 19.3 Å². The Hall–Kier alpha value is -1.59. The van der Waals surface area contributed by atoms with E-state index in [1.165, 1.54) is 21.6 Å². The fourth-order valence-corrected chi connectivity index (χ4v) is 3.15. The maximum Gasteiger partial charge on any atom is 0.318 e. The second-order valence-electron chi connectivity index (χ2n) is 6.63. The first-order valence-corrected chi connectivity index (χ1v) is 8.37. The highest BCUT2D eigenvalue weighted by molar-refractivity contribution is 5.75. The van der Waals surface area contributed by atoms with Gasteiger partial charge in [0, 0.05) is 6.54 Å². The van der Waals surface area contributed by atoms with Crippen LogP contribution in [0.5, 0.6) is 0 Å². The third-order valence-electron chi connectivity index (χ3n) is 4.43. The van der Waals surface area contributed by atoms with Crippen molar-refractivity contribution in [3.63, 3.8) is 0 Å². The number of fused-ring (bicyclic) bond motifs is 1. The van der Waals surface area contributed by atoms with Gasteiger partial charge in [0.05, 0.1) is 24.8 Å². The molecule has 1 aliphatic rings. The summed E-state index contributed by atoms with van der Waals surface area (Å²) in [4.78, 5) is 14.1. The van der Waals surface area contributed by atoms with Gasteiger partial charge in [-0.1, -0.05) is 23.8 Å². The maximum absolute atomic E-state index is 12.6. The number of carbonyl (C=O) groups excluding carboxylic acids is 1. The smallest absolute Gasteiger partial charge is 0.318 e. The third kappa shape index (κ3) is 4.45. The van der Waals surface area contributed by atoms with Crippen molar-refractivity contribution in [2.45, 2.75) is 58.2 Å².